The number of piperidine rings is 1. The molecule has 0 radical (unpaired) electrons. The van der Waals surface area contributed by atoms with Crippen molar-refractivity contribution in [1.29, 1.82) is 0 Å². The van der Waals surface area contributed by atoms with Crippen molar-refractivity contribution < 1.29 is 4.79 Å². The first-order valence-corrected chi connectivity index (χ1v) is 9.16. The molecule has 4 fully saturated rings. The molecule has 1 spiro atoms. The first-order chi connectivity index (χ1) is 11.2. The van der Waals surface area contributed by atoms with E-state index in [4.69, 9.17) is 0 Å². The fraction of sp³-hybridized carbons (Fsp3) is 0.722. The molecule has 122 valence electrons. The second-order valence-electron chi connectivity index (χ2n) is 7.98. The molecule has 5 nitrogen and oxygen atoms in total. The molecule has 1 aromatic rings. The standard InChI is InChI=1S/C18H24N4O/c23-17(15-5-6-16(20-19-15)21-9-1-2-10-21)22-13-3-4-14(22)12-18(11-13)7-8-18/h5-6,13-14H,1-4,7-12H2. The molecule has 5 rings (SSSR count). The summed E-state index contributed by atoms with van der Waals surface area (Å²) in [5.41, 5.74) is 1.13. The van der Waals surface area contributed by atoms with Gasteiger partial charge >= 0.3 is 0 Å². The van der Waals surface area contributed by atoms with E-state index < -0.39 is 0 Å². The number of hydrogen-bond donors (Lipinski definition) is 0. The van der Waals surface area contributed by atoms with Crippen LogP contribution in [0.15, 0.2) is 12.1 Å². The molecule has 0 N–H and O–H groups in total. The highest BCUT2D eigenvalue weighted by Crippen LogP contribution is 2.60. The Hall–Kier alpha value is -1.65. The number of carbonyl (C=O) groups is 1. The molecule has 5 heteroatoms. The average molecular weight is 312 g/mol. The SMILES string of the molecule is O=C(c1ccc(N2CCCC2)nn1)N1C2CCC1CC1(CC1)C2. The van der Waals surface area contributed by atoms with Crippen LogP contribution in [0.4, 0.5) is 5.82 Å². The van der Waals surface area contributed by atoms with Gasteiger partial charge in [0.2, 0.25) is 0 Å². The minimum atomic E-state index is 0.105. The summed E-state index contributed by atoms with van der Waals surface area (Å²) in [6, 6.07) is 4.75. The van der Waals surface area contributed by atoms with E-state index in [1.165, 1.54) is 51.4 Å². The van der Waals surface area contributed by atoms with E-state index in [9.17, 15) is 4.79 Å². The maximum absolute atomic E-state index is 12.9. The summed E-state index contributed by atoms with van der Waals surface area (Å²) in [5, 5.41) is 8.58. The quantitative estimate of drug-likeness (QED) is 0.842. The van der Waals surface area contributed by atoms with Gasteiger partial charge in [0.1, 0.15) is 0 Å². The second-order valence-corrected chi connectivity index (χ2v) is 7.98. The van der Waals surface area contributed by atoms with Gasteiger partial charge < -0.3 is 9.80 Å². The van der Waals surface area contributed by atoms with Crippen molar-refractivity contribution in [1.82, 2.24) is 15.1 Å². The Bertz CT molecular complexity index is 602. The van der Waals surface area contributed by atoms with Crippen molar-refractivity contribution in [2.45, 2.75) is 63.5 Å². The van der Waals surface area contributed by atoms with Crippen molar-refractivity contribution in [2.75, 3.05) is 18.0 Å². The topological polar surface area (TPSA) is 49.3 Å². The smallest absolute Gasteiger partial charge is 0.274 e. The van der Waals surface area contributed by atoms with Crippen molar-refractivity contribution in [3.05, 3.63) is 17.8 Å². The van der Waals surface area contributed by atoms with Crippen molar-refractivity contribution in [2.24, 2.45) is 5.41 Å². The van der Waals surface area contributed by atoms with E-state index in [1.54, 1.807) is 0 Å². The maximum atomic E-state index is 12.9. The number of hydrogen-bond acceptors (Lipinski definition) is 4. The monoisotopic (exact) mass is 312 g/mol. The molecule has 1 aliphatic carbocycles. The molecular formula is C18H24N4O. The fourth-order valence-corrected chi connectivity index (χ4v) is 5.05. The number of amides is 1. The zero-order chi connectivity index (χ0) is 15.4. The predicted octanol–water partition coefficient (Wildman–Crippen LogP) is 2.62. The molecule has 1 saturated carbocycles. The highest BCUT2D eigenvalue weighted by molar-refractivity contribution is 5.93. The van der Waals surface area contributed by atoms with E-state index in [-0.39, 0.29) is 5.91 Å². The molecule has 3 aliphatic heterocycles. The Morgan fingerprint density at radius 1 is 1.04 bits per heavy atom. The van der Waals surface area contributed by atoms with E-state index in [0.29, 0.717) is 23.2 Å². The van der Waals surface area contributed by atoms with Crippen LogP contribution in [0.25, 0.3) is 0 Å². The summed E-state index contributed by atoms with van der Waals surface area (Å²) < 4.78 is 0. The Morgan fingerprint density at radius 2 is 1.74 bits per heavy atom. The van der Waals surface area contributed by atoms with Gasteiger partial charge in [-0.3, -0.25) is 4.79 Å². The van der Waals surface area contributed by atoms with E-state index in [1.807, 2.05) is 12.1 Å². The van der Waals surface area contributed by atoms with Crippen LogP contribution in [-0.2, 0) is 0 Å². The third-order valence-electron chi connectivity index (χ3n) is 6.45. The van der Waals surface area contributed by atoms with E-state index in [0.717, 1.165) is 18.9 Å². The van der Waals surface area contributed by atoms with Crippen LogP contribution < -0.4 is 4.90 Å². The first-order valence-electron chi connectivity index (χ1n) is 9.16. The molecule has 2 atom stereocenters. The zero-order valence-corrected chi connectivity index (χ0v) is 13.6. The lowest BCUT2D eigenvalue weighted by molar-refractivity contribution is 0.0491. The van der Waals surface area contributed by atoms with Gasteiger partial charge in [-0.05, 0) is 68.9 Å². The number of fused-ring (bicyclic) bond motifs is 2. The minimum absolute atomic E-state index is 0.105. The number of rotatable bonds is 2. The van der Waals surface area contributed by atoms with Crippen LogP contribution in [0.3, 0.4) is 0 Å². The summed E-state index contributed by atoms with van der Waals surface area (Å²) in [6.07, 6.45) is 10.00. The lowest BCUT2D eigenvalue weighted by Crippen LogP contribution is -2.47. The molecule has 23 heavy (non-hydrogen) atoms. The third kappa shape index (κ3) is 2.24. The van der Waals surface area contributed by atoms with Gasteiger partial charge in [-0.2, -0.15) is 0 Å². The first kappa shape index (κ1) is 13.8. The number of nitrogens with zero attached hydrogens (tertiary/aromatic N) is 4. The van der Waals surface area contributed by atoms with Gasteiger partial charge in [0.05, 0.1) is 0 Å². The molecular weight excluding hydrogens is 288 g/mol. The molecule has 0 aromatic carbocycles. The highest BCUT2D eigenvalue weighted by atomic mass is 16.2. The van der Waals surface area contributed by atoms with Crippen LogP contribution in [-0.4, -0.2) is 46.2 Å². The van der Waals surface area contributed by atoms with Crippen molar-refractivity contribution >= 4 is 11.7 Å². The van der Waals surface area contributed by atoms with Crippen LogP contribution in [0.1, 0.15) is 61.9 Å². The number of carbonyl (C=O) groups excluding carboxylic acids is 1. The highest BCUT2D eigenvalue weighted by Gasteiger charge is 2.55. The average Bonchev–Trinajstić information content (AvgIpc) is 2.99. The predicted molar refractivity (Wildman–Crippen MR) is 87.4 cm³/mol. The van der Waals surface area contributed by atoms with Crippen LogP contribution >= 0.6 is 0 Å². The lowest BCUT2D eigenvalue weighted by atomic mass is 9.87. The summed E-state index contributed by atoms with van der Waals surface area (Å²) in [4.78, 5) is 17.3. The Morgan fingerprint density at radius 3 is 2.30 bits per heavy atom. The molecule has 1 aromatic heterocycles. The van der Waals surface area contributed by atoms with Crippen molar-refractivity contribution in [3.63, 3.8) is 0 Å². The van der Waals surface area contributed by atoms with Gasteiger partial charge in [0, 0.05) is 25.2 Å². The normalized spacial score (nSPS) is 31.0. The largest absolute Gasteiger partial charge is 0.355 e. The number of aromatic nitrogens is 2. The van der Waals surface area contributed by atoms with Crippen LogP contribution in [0.2, 0.25) is 0 Å². The van der Waals surface area contributed by atoms with Crippen LogP contribution in [0, 0.1) is 5.41 Å². The van der Waals surface area contributed by atoms with Gasteiger partial charge in [-0.15, -0.1) is 10.2 Å². The van der Waals surface area contributed by atoms with Gasteiger partial charge in [0.15, 0.2) is 11.5 Å². The third-order valence-corrected chi connectivity index (χ3v) is 6.45. The summed E-state index contributed by atoms with van der Waals surface area (Å²) in [7, 11) is 0. The maximum Gasteiger partial charge on any atom is 0.274 e. The molecule has 2 bridgehead atoms. The van der Waals surface area contributed by atoms with Crippen molar-refractivity contribution in [3.8, 4) is 0 Å². The minimum Gasteiger partial charge on any atom is -0.355 e. The number of anilines is 1. The molecule has 2 unspecified atom stereocenters. The molecule has 4 aliphatic rings. The summed E-state index contributed by atoms with van der Waals surface area (Å²) in [6.45, 7) is 2.11. The Kier molecular flexibility index (Phi) is 2.94. The molecule has 4 heterocycles. The Balaban J connectivity index is 1.34. The molecule has 1 amide bonds. The Labute approximate surface area is 137 Å². The second kappa shape index (κ2) is 4.92. The van der Waals surface area contributed by atoms with Gasteiger partial charge in [0.25, 0.3) is 5.91 Å². The van der Waals surface area contributed by atoms with Gasteiger partial charge in [-0.1, -0.05) is 0 Å². The fourth-order valence-electron chi connectivity index (χ4n) is 5.05. The molecule has 3 saturated heterocycles. The zero-order valence-electron chi connectivity index (χ0n) is 13.6. The van der Waals surface area contributed by atoms with E-state index >= 15 is 0 Å². The van der Waals surface area contributed by atoms with Gasteiger partial charge in [-0.25, -0.2) is 0 Å². The summed E-state index contributed by atoms with van der Waals surface area (Å²) in [5.74, 6) is 1.02. The lowest BCUT2D eigenvalue weighted by Gasteiger charge is -2.39. The van der Waals surface area contributed by atoms with E-state index in [2.05, 4.69) is 20.0 Å². The van der Waals surface area contributed by atoms with Crippen LogP contribution in [0.5, 0.6) is 0 Å². The summed E-state index contributed by atoms with van der Waals surface area (Å²) >= 11 is 0.